The van der Waals surface area contributed by atoms with Crippen molar-refractivity contribution in [2.45, 2.75) is 36.7 Å². The molecule has 100 valence electrons. The number of rotatable bonds is 2. The molecule has 18 heavy (non-hydrogen) atoms. The van der Waals surface area contributed by atoms with Crippen molar-refractivity contribution in [3.05, 3.63) is 28.7 Å². The predicted octanol–water partition coefficient (Wildman–Crippen LogP) is 1.95. The third-order valence-electron chi connectivity index (χ3n) is 3.26. The van der Waals surface area contributed by atoms with Gasteiger partial charge >= 0.3 is 0 Å². The zero-order valence-electron chi connectivity index (χ0n) is 10.2. The van der Waals surface area contributed by atoms with Crippen LogP contribution in [0.15, 0.2) is 33.6 Å². The molecule has 0 aromatic heterocycles. The molecule has 0 aliphatic carbocycles. The molecule has 1 aliphatic rings. The molecule has 1 heterocycles. The Hall–Kier alpha value is -0.430. The zero-order chi connectivity index (χ0) is 13.3. The van der Waals surface area contributed by atoms with E-state index in [2.05, 4.69) is 15.9 Å². The maximum absolute atomic E-state index is 12.5. The van der Waals surface area contributed by atoms with E-state index in [4.69, 9.17) is 5.73 Å². The van der Waals surface area contributed by atoms with E-state index in [-0.39, 0.29) is 12.1 Å². The molecule has 2 rings (SSSR count). The molecule has 1 aromatic carbocycles. The van der Waals surface area contributed by atoms with Crippen molar-refractivity contribution in [3.63, 3.8) is 0 Å². The molecule has 0 spiro atoms. The van der Waals surface area contributed by atoms with E-state index in [1.165, 1.54) is 0 Å². The number of nitrogens with two attached hydrogens (primary N) is 1. The Labute approximate surface area is 116 Å². The molecule has 2 atom stereocenters. The second kappa shape index (κ2) is 5.28. The first-order valence-corrected chi connectivity index (χ1v) is 8.17. The summed E-state index contributed by atoms with van der Waals surface area (Å²) in [7, 11) is -3.41. The quantitative estimate of drug-likeness (QED) is 0.900. The van der Waals surface area contributed by atoms with E-state index in [1.54, 1.807) is 22.5 Å². The van der Waals surface area contributed by atoms with Crippen molar-refractivity contribution < 1.29 is 8.42 Å². The minimum atomic E-state index is -3.41. The Morgan fingerprint density at radius 2 is 2.17 bits per heavy atom. The van der Waals surface area contributed by atoms with Crippen LogP contribution in [0.4, 0.5) is 0 Å². The van der Waals surface area contributed by atoms with Crippen LogP contribution in [0.5, 0.6) is 0 Å². The van der Waals surface area contributed by atoms with Gasteiger partial charge in [0.05, 0.1) is 4.90 Å². The molecule has 0 unspecified atom stereocenters. The lowest BCUT2D eigenvalue weighted by molar-refractivity contribution is 0.247. The predicted molar refractivity (Wildman–Crippen MR) is 74.7 cm³/mol. The molecular weight excluding hydrogens is 316 g/mol. The van der Waals surface area contributed by atoms with Gasteiger partial charge in [0.15, 0.2) is 0 Å². The fourth-order valence-corrected chi connectivity index (χ4v) is 4.56. The number of hydrogen-bond donors (Lipinski definition) is 1. The molecule has 1 fully saturated rings. The van der Waals surface area contributed by atoms with Crippen LogP contribution in [0, 0.1) is 0 Å². The highest BCUT2D eigenvalue weighted by Gasteiger charge is 2.33. The Bertz CT molecular complexity index is 533. The second-order valence-electron chi connectivity index (χ2n) is 4.71. The van der Waals surface area contributed by atoms with E-state index in [9.17, 15) is 8.42 Å². The minimum absolute atomic E-state index is 0.0438. The topological polar surface area (TPSA) is 63.4 Å². The summed E-state index contributed by atoms with van der Waals surface area (Å²) in [6.07, 6.45) is 1.44. The third kappa shape index (κ3) is 2.77. The highest BCUT2D eigenvalue weighted by atomic mass is 79.9. The van der Waals surface area contributed by atoms with E-state index in [0.717, 1.165) is 10.9 Å². The van der Waals surface area contributed by atoms with Crippen LogP contribution < -0.4 is 5.73 Å². The lowest BCUT2D eigenvalue weighted by Gasteiger charge is -2.35. The van der Waals surface area contributed by atoms with Gasteiger partial charge in [-0.25, -0.2) is 8.42 Å². The monoisotopic (exact) mass is 332 g/mol. The number of benzene rings is 1. The van der Waals surface area contributed by atoms with Crippen molar-refractivity contribution in [2.75, 3.05) is 6.54 Å². The van der Waals surface area contributed by atoms with Crippen LogP contribution in [-0.4, -0.2) is 31.4 Å². The first-order valence-electron chi connectivity index (χ1n) is 5.94. The summed E-state index contributed by atoms with van der Waals surface area (Å²) in [6.45, 7) is 2.41. The van der Waals surface area contributed by atoms with E-state index in [0.29, 0.717) is 17.9 Å². The van der Waals surface area contributed by atoms with Gasteiger partial charge in [-0.15, -0.1) is 0 Å². The summed E-state index contributed by atoms with van der Waals surface area (Å²) in [5.41, 5.74) is 5.86. The van der Waals surface area contributed by atoms with Crippen molar-refractivity contribution in [1.29, 1.82) is 0 Å². The summed E-state index contributed by atoms with van der Waals surface area (Å²) < 4.78 is 27.4. The molecule has 1 saturated heterocycles. The highest BCUT2D eigenvalue weighted by Crippen LogP contribution is 2.26. The molecule has 1 aromatic rings. The number of piperidine rings is 1. The molecule has 6 heteroatoms. The molecule has 0 radical (unpaired) electrons. The lowest BCUT2D eigenvalue weighted by Crippen LogP contribution is -2.48. The lowest BCUT2D eigenvalue weighted by atomic mass is 10.0. The van der Waals surface area contributed by atoms with Crippen LogP contribution >= 0.6 is 15.9 Å². The fourth-order valence-electron chi connectivity index (χ4n) is 2.31. The van der Waals surface area contributed by atoms with Gasteiger partial charge in [0, 0.05) is 23.1 Å². The number of nitrogens with zero attached hydrogens (tertiary/aromatic N) is 1. The largest absolute Gasteiger partial charge is 0.328 e. The average Bonchev–Trinajstić information content (AvgIpc) is 2.28. The molecule has 0 bridgehead atoms. The van der Waals surface area contributed by atoms with Crippen LogP contribution in [0.2, 0.25) is 0 Å². The standard InChI is InChI=1S/C12H17BrN2O2S/c1-9-7-11(14)5-6-15(9)18(16,17)12-4-2-3-10(13)8-12/h2-4,8-9,11H,5-7,14H2,1H3/t9-,11-/m0/s1. The van der Waals surface area contributed by atoms with Gasteiger partial charge in [-0.2, -0.15) is 4.31 Å². The molecular formula is C12H17BrN2O2S. The summed E-state index contributed by atoms with van der Waals surface area (Å²) in [5, 5.41) is 0. The molecule has 0 saturated carbocycles. The molecule has 2 N–H and O–H groups in total. The van der Waals surface area contributed by atoms with Crippen LogP contribution in [-0.2, 0) is 10.0 Å². The van der Waals surface area contributed by atoms with Gasteiger partial charge < -0.3 is 5.73 Å². The van der Waals surface area contributed by atoms with Crippen LogP contribution in [0.3, 0.4) is 0 Å². The van der Waals surface area contributed by atoms with Crippen molar-refractivity contribution in [1.82, 2.24) is 4.31 Å². The summed E-state index contributed by atoms with van der Waals surface area (Å²) in [5.74, 6) is 0. The van der Waals surface area contributed by atoms with Crippen molar-refractivity contribution in [3.8, 4) is 0 Å². The summed E-state index contributed by atoms with van der Waals surface area (Å²) in [4.78, 5) is 0.333. The van der Waals surface area contributed by atoms with E-state index in [1.807, 2.05) is 13.0 Å². The Balaban J connectivity index is 2.31. The van der Waals surface area contributed by atoms with Gasteiger partial charge in [0.2, 0.25) is 10.0 Å². The van der Waals surface area contributed by atoms with Crippen molar-refractivity contribution in [2.24, 2.45) is 5.73 Å². The van der Waals surface area contributed by atoms with Gasteiger partial charge in [0.25, 0.3) is 0 Å². The maximum atomic E-state index is 12.5. The Morgan fingerprint density at radius 1 is 1.44 bits per heavy atom. The Kier molecular flexibility index (Phi) is 4.11. The van der Waals surface area contributed by atoms with E-state index < -0.39 is 10.0 Å². The number of hydrogen-bond acceptors (Lipinski definition) is 3. The Morgan fingerprint density at radius 3 is 2.78 bits per heavy atom. The molecule has 1 aliphatic heterocycles. The number of halogens is 1. The van der Waals surface area contributed by atoms with Crippen LogP contribution in [0.25, 0.3) is 0 Å². The highest BCUT2D eigenvalue weighted by molar-refractivity contribution is 9.10. The SMILES string of the molecule is C[C@H]1C[C@@H](N)CCN1S(=O)(=O)c1cccc(Br)c1. The average molecular weight is 333 g/mol. The maximum Gasteiger partial charge on any atom is 0.243 e. The van der Waals surface area contributed by atoms with Crippen molar-refractivity contribution >= 4 is 26.0 Å². The van der Waals surface area contributed by atoms with Crippen LogP contribution in [0.1, 0.15) is 19.8 Å². The summed E-state index contributed by atoms with van der Waals surface area (Å²) >= 11 is 3.30. The normalized spacial score (nSPS) is 26.2. The van der Waals surface area contributed by atoms with Gasteiger partial charge in [-0.05, 0) is 38.0 Å². The summed E-state index contributed by atoms with van der Waals surface area (Å²) in [6, 6.07) is 6.87. The van der Waals surface area contributed by atoms with E-state index >= 15 is 0 Å². The first-order chi connectivity index (χ1) is 8.41. The smallest absolute Gasteiger partial charge is 0.243 e. The minimum Gasteiger partial charge on any atom is -0.328 e. The van der Waals surface area contributed by atoms with Gasteiger partial charge in [-0.1, -0.05) is 22.0 Å². The third-order valence-corrected chi connectivity index (χ3v) is 5.76. The van der Waals surface area contributed by atoms with Gasteiger partial charge in [-0.3, -0.25) is 0 Å². The zero-order valence-corrected chi connectivity index (χ0v) is 12.6. The second-order valence-corrected chi connectivity index (χ2v) is 7.51. The van der Waals surface area contributed by atoms with Gasteiger partial charge in [0.1, 0.15) is 0 Å². The fraction of sp³-hybridized carbons (Fsp3) is 0.500. The first kappa shape index (κ1) is 14.0. The molecule has 4 nitrogen and oxygen atoms in total. The molecule has 0 amide bonds. The number of sulfonamides is 1.